The highest BCUT2D eigenvalue weighted by Gasteiger charge is 2.89. The van der Waals surface area contributed by atoms with Crippen LogP contribution in [-0.2, 0) is 4.79 Å². The van der Waals surface area contributed by atoms with Crippen molar-refractivity contribution in [2.75, 3.05) is 6.54 Å². The van der Waals surface area contributed by atoms with Crippen molar-refractivity contribution in [3.05, 3.63) is 0 Å². The van der Waals surface area contributed by atoms with Crippen LogP contribution in [0.1, 0.15) is 45.4 Å². The molecule has 0 atom stereocenters. The van der Waals surface area contributed by atoms with Crippen molar-refractivity contribution in [1.82, 2.24) is 5.32 Å². The molecule has 1 N–H and O–H groups in total. The Morgan fingerprint density at radius 2 is 1.17 bits per heavy atom. The molecule has 1 amide bonds. The van der Waals surface area contributed by atoms with E-state index in [2.05, 4.69) is 0 Å². The zero-order valence-electron chi connectivity index (χ0n) is 15.0. The summed E-state index contributed by atoms with van der Waals surface area (Å²) in [6.45, 7) is 1.17. The molecule has 0 fully saturated rings. The van der Waals surface area contributed by atoms with Crippen molar-refractivity contribution in [3.8, 4) is 0 Å². The van der Waals surface area contributed by atoms with E-state index in [-0.39, 0.29) is 6.42 Å². The number of nitrogens with one attached hydrogen (secondary N) is 1. The number of alkyl halides is 12. The van der Waals surface area contributed by atoms with Gasteiger partial charge in [0.15, 0.2) is 0 Å². The maximum absolute atomic E-state index is 13.5. The van der Waals surface area contributed by atoms with E-state index in [1.807, 2.05) is 6.92 Å². The van der Waals surface area contributed by atoms with Gasteiger partial charge in [-0.05, 0) is 6.42 Å². The molecule has 0 aliphatic carbocycles. The van der Waals surface area contributed by atoms with Crippen LogP contribution in [0.3, 0.4) is 0 Å². The third-order valence-corrected chi connectivity index (χ3v) is 3.98. The second kappa shape index (κ2) is 9.63. The third kappa shape index (κ3) is 5.22. The first kappa shape index (κ1) is 27.6. The quantitative estimate of drug-likeness (QED) is 0.271. The first-order valence-electron chi connectivity index (χ1n) is 8.38. The maximum Gasteiger partial charge on any atom is 0.392 e. The largest absolute Gasteiger partial charge is 0.392 e. The molecule has 0 aliphatic rings. The monoisotopic (exact) mass is 457 g/mol. The minimum atomic E-state index is -7.69. The molecular formula is C15H19F12NO. The molecule has 174 valence electrons. The van der Waals surface area contributed by atoms with Crippen molar-refractivity contribution >= 4 is 5.91 Å². The summed E-state index contributed by atoms with van der Waals surface area (Å²) in [6.07, 6.45) is -2.29. The Bertz CT molecular complexity index is 535. The van der Waals surface area contributed by atoms with Crippen molar-refractivity contribution in [3.63, 3.8) is 0 Å². The molecule has 14 heteroatoms. The molecule has 29 heavy (non-hydrogen) atoms. The van der Waals surface area contributed by atoms with E-state index in [1.165, 1.54) is 0 Å². The summed E-state index contributed by atoms with van der Waals surface area (Å²) in [5.41, 5.74) is 0. The van der Waals surface area contributed by atoms with Crippen LogP contribution in [0.4, 0.5) is 52.7 Å². The van der Waals surface area contributed by atoms with Gasteiger partial charge in [0, 0.05) is 6.54 Å². The Morgan fingerprint density at radius 1 is 0.724 bits per heavy atom. The Balaban J connectivity index is 5.34. The molecular weight excluding hydrogens is 438 g/mol. The number of rotatable bonds is 13. The smallest absolute Gasteiger partial charge is 0.351 e. The van der Waals surface area contributed by atoms with Gasteiger partial charge in [-0.25, -0.2) is 8.78 Å². The van der Waals surface area contributed by atoms with E-state index in [4.69, 9.17) is 0 Å². The molecule has 0 saturated carbocycles. The van der Waals surface area contributed by atoms with Gasteiger partial charge >= 0.3 is 36.0 Å². The van der Waals surface area contributed by atoms with Crippen LogP contribution in [0.2, 0.25) is 0 Å². The standard InChI is InChI=1S/C15H19F12NO/c1-2-3-4-5-6-7-8-28-10(29)12(20,21)14(24,25)15(26,27)13(22,23)11(18,19)9(16)17/h9H,2-8H2,1H3,(H,28,29). The lowest BCUT2D eigenvalue weighted by Gasteiger charge is -2.38. The molecule has 0 heterocycles. The van der Waals surface area contributed by atoms with E-state index in [9.17, 15) is 57.5 Å². The predicted molar refractivity (Wildman–Crippen MR) is 77.1 cm³/mol. The summed E-state index contributed by atoms with van der Waals surface area (Å²) in [7, 11) is 0. The van der Waals surface area contributed by atoms with E-state index < -0.39 is 48.5 Å². The molecule has 2 nitrogen and oxygen atoms in total. The lowest BCUT2D eigenvalue weighted by molar-refractivity contribution is -0.407. The van der Waals surface area contributed by atoms with Gasteiger partial charge in [0.25, 0.3) is 5.91 Å². The minimum absolute atomic E-state index is 0.0485. The summed E-state index contributed by atoms with van der Waals surface area (Å²) < 4.78 is 156. The number of amides is 1. The molecule has 0 unspecified atom stereocenters. The highest BCUT2D eigenvalue weighted by Crippen LogP contribution is 2.58. The molecule has 0 rings (SSSR count). The van der Waals surface area contributed by atoms with Gasteiger partial charge in [0.05, 0.1) is 0 Å². The van der Waals surface area contributed by atoms with Gasteiger partial charge in [-0.3, -0.25) is 4.79 Å². The van der Waals surface area contributed by atoms with E-state index >= 15 is 0 Å². The maximum atomic E-state index is 13.5. The summed E-state index contributed by atoms with van der Waals surface area (Å²) in [4.78, 5) is 11.1. The average molecular weight is 457 g/mol. The van der Waals surface area contributed by atoms with Gasteiger partial charge in [0.1, 0.15) is 0 Å². The van der Waals surface area contributed by atoms with Gasteiger partial charge in [-0.1, -0.05) is 39.0 Å². The van der Waals surface area contributed by atoms with Gasteiger partial charge < -0.3 is 5.32 Å². The number of unbranched alkanes of at least 4 members (excludes halogenated alkanes) is 5. The topological polar surface area (TPSA) is 29.1 Å². The predicted octanol–water partition coefficient (Wildman–Crippen LogP) is 5.90. The summed E-state index contributed by atoms with van der Waals surface area (Å²) in [6, 6.07) is 0. The number of carbonyl (C=O) groups is 1. The molecule has 0 radical (unpaired) electrons. The van der Waals surface area contributed by atoms with Gasteiger partial charge in [-0.2, -0.15) is 43.9 Å². The first-order chi connectivity index (χ1) is 12.9. The Kier molecular flexibility index (Phi) is 9.17. The third-order valence-electron chi connectivity index (χ3n) is 3.98. The van der Waals surface area contributed by atoms with Gasteiger partial charge in [-0.15, -0.1) is 0 Å². The number of halogens is 12. The lowest BCUT2D eigenvalue weighted by atomic mass is 9.94. The van der Waals surface area contributed by atoms with Crippen LogP contribution < -0.4 is 5.32 Å². The van der Waals surface area contributed by atoms with E-state index in [1.54, 1.807) is 0 Å². The zero-order valence-corrected chi connectivity index (χ0v) is 15.0. The fourth-order valence-corrected chi connectivity index (χ4v) is 2.10. The zero-order chi connectivity index (χ0) is 23.3. The summed E-state index contributed by atoms with van der Waals surface area (Å²) >= 11 is 0. The highest BCUT2D eigenvalue weighted by atomic mass is 19.4. The van der Waals surface area contributed by atoms with Crippen LogP contribution in [0.15, 0.2) is 0 Å². The van der Waals surface area contributed by atoms with Crippen LogP contribution >= 0.6 is 0 Å². The Hall–Kier alpha value is -1.37. The van der Waals surface area contributed by atoms with Crippen molar-refractivity contribution in [2.45, 2.75) is 81.5 Å². The number of carbonyl (C=O) groups excluding carboxylic acids is 1. The van der Waals surface area contributed by atoms with Crippen molar-refractivity contribution in [1.29, 1.82) is 0 Å². The Labute approximate surface area is 158 Å². The second-order valence-corrected chi connectivity index (χ2v) is 6.24. The first-order valence-corrected chi connectivity index (χ1v) is 8.38. The second-order valence-electron chi connectivity index (χ2n) is 6.24. The SMILES string of the molecule is CCCCCCCCNC(=O)C(F)(F)C(F)(F)C(F)(F)C(F)(F)C(F)(F)C(F)F. The fourth-order valence-electron chi connectivity index (χ4n) is 2.10. The van der Waals surface area contributed by atoms with Crippen LogP contribution in [0.5, 0.6) is 0 Å². The average Bonchev–Trinajstić information content (AvgIpc) is 2.59. The highest BCUT2D eigenvalue weighted by molar-refractivity contribution is 5.84. The van der Waals surface area contributed by atoms with Crippen molar-refractivity contribution < 1.29 is 57.5 Å². The molecule has 0 aliphatic heterocycles. The van der Waals surface area contributed by atoms with E-state index in [0.717, 1.165) is 24.6 Å². The van der Waals surface area contributed by atoms with Crippen LogP contribution in [0, 0.1) is 0 Å². The molecule has 0 aromatic carbocycles. The van der Waals surface area contributed by atoms with Gasteiger partial charge in [0.2, 0.25) is 0 Å². The molecule has 0 saturated heterocycles. The van der Waals surface area contributed by atoms with Crippen molar-refractivity contribution in [2.24, 2.45) is 0 Å². The van der Waals surface area contributed by atoms with Crippen LogP contribution in [-0.4, -0.2) is 48.5 Å². The summed E-state index contributed by atoms with van der Waals surface area (Å²) in [5, 5.41) is 1.12. The van der Waals surface area contributed by atoms with E-state index in [0.29, 0.717) is 12.8 Å². The lowest BCUT2D eigenvalue weighted by Crippen LogP contribution is -2.70. The minimum Gasteiger partial charge on any atom is -0.351 e. The molecule has 0 aromatic rings. The fraction of sp³-hybridized carbons (Fsp3) is 0.933. The number of hydrogen-bond donors (Lipinski definition) is 1. The normalized spacial score (nSPS) is 14.4. The molecule has 0 aromatic heterocycles. The Morgan fingerprint density at radius 3 is 1.62 bits per heavy atom. The summed E-state index contributed by atoms with van der Waals surface area (Å²) in [5.74, 6) is -39.5. The molecule has 0 bridgehead atoms. The number of hydrogen-bond acceptors (Lipinski definition) is 1. The van der Waals surface area contributed by atoms with Crippen LogP contribution in [0.25, 0.3) is 0 Å². The molecule has 0 spiro atoms.